The summed E-state index contributed by atoms with van der Waals surface area (Å²) in [6.45, 7) is 1.97. The molecule has 1 rings (SSSR count). The highest BCUT2D eigenvalue weighted by atomic mass is 16.5. The second-order valence-electron chi connectivity index (χ2n) is 3.08. The van der Waals surface area contributed by atoms with Gasteiger partial charge in [-0.25, -0.2) is 14.8 Å². The minimum Gasteiger partial charge on any atom is -0.476 e. The van der Waals surface area contributed by atoms with Gasteiger partial charge in [0.1, 0.15) is 12.1 Å². The smallest absolute Gasteiger partial charge is 0.358 e. The van der Waals surface area contributed by atoms with Crippen LogP contribution in [0.5, 0.6) is 0 Å². The number of esters is 1. The Hall–Kier alpha value is -2.62. The third kappa shape index (κ3) is 3.75. The van der Waals surface area contributed by atoms with Crippen LogP contribution in [-0.4, -0.2) is 33.6 Å². The molecule has 0 spiro atoms. The number of carboxylic acids is 1. The first-order chi connectivity index (χ1) is 8.54. The molecule has 0 aliphatic rings. The van der Waals surface area contributed by atoms with Crippen molar-refractivity contribution in [2.45, 2.75) is 13.3 Å². The predicted octanol–water partition coefficient (Wildman–Crippen LogP) is 0.0617. The number of aromatic carboxylic acids is 1. The van der Waals surface area contributed by atoms with Crippen LogP contribution in [0.15, 0.2) is 6.20 Å². The molecule has 0 unspecified atom stereocenters. The van der Waals surface area contributed by atoms with Crippen LogP contribution in [0, 0.1) is 11.8 Å². The highest BCUT2D eigenvalue weighted by Gasteiger charge is 2.11. The number of carbonyl (C=O) groups excluding carboxylic acids is 1. The Labute approximate surface area is 103 Å². The second kappa shape index (κ2) is 6.20. The zero-order valence-electron chi connectivity index (χ0n) is 9.64. The van der Waals surface area contributed by atoms with Crippen molar-refractivity contribution in [2.24, 2.45) is 0 Å². The SMILES string of the molecule is CCOC(=O)CC#Cc1cnc(N)c(C(=O)O)n1. The number of ether oxygens (including phenoxy) is 1. The summed E-state index contributed by atoms with van der Waals surface area (Å²) >= 11 is 0. The fraction of sp³-hybridized carbons (Fsp3) is 0.273. The summed E-state index contributed by atoms with van der Waals surface area (Å²) in [5, 5.41) is 8.77. The van der Waals surface area contributed by atoms with Gasteiger partial charge in [-0.2, -0.15) is 0 Å². The summed E-state index contributed by atoms with van der Waals surface area (Å²) < 4.78 is 4.67. The van der Waals surface area contributed by atoms with Gasteiger partial charge in [-0.05, 0) is 12.8 Å². The number of anilines is 1. The topological polar surface area (TPSA) is 115 Å². The highest BCUT2D eigenvalue weighted by Crippen LogP contribution is 2.05. The molecule has 94 valence electrons. The van der Waals surface area contributed by atoms with E-state index in [0.717, 1.165) is 0 Å². The molecular weight excluding hydrogens is 238 g/mol. The normalized spacial score (nSPS) is 9.17. The molecule has 3 N–H and O–H groups in total. The molecule has 1 heterocycles. The summed E-state index contributed by atoms with van der Waals surface area (Å²) in [5.41, 5.74) is 5.10. The van der Waals surface area contributed by atoms with Crippen LogP contribution in [0.1, 0.15) is 29.5 Å². The lowest BCUT2D eigenvalue weighted by Crippen LogP contribution is -2.08. The highest BCUT2D eigenvalue weighted by molar-refractivity contribution is 5.90. The monoisotopic (exact) mass is 249 g/mol. The van der Waals surface area contributed by atoms with Crippen LogP contribution in [0.2, 0.25) is 0 Å². The number of nitrogens with zero attached hydrogens (tertiary/aromatic N) is 2. The molecule has 7 nitrogen and oxygen atoms in total. The zero-order valence-corrected chi connectivity index (χ0v) is 9.64. The van der Waals surface area contributed by atoms with Crippen molar-refractivity contribution < 1.29 is 19.4 Å². The van der Waals surface area contributed by atoms with Crippen LogP contribution in [0.3, 0.4) is 0 Å². The van der Waals surface area contributed by atoms with Crippen LogP contribution in [0.25, 0.3) is 0 Å². The summed E-state index contributed by atoms with van der Waals surface area (Å²) in [6, 6.07) is 0. The van der Waals surface area contributed by atoms with Gasteiger partial charge in [-0.1, -0.05) is 5.92 Å². The van der Waals surface area contributed by atoms with Crippen molar-refractivity contribution >= 4 is 17.8 Å². The third-order valence-electron chi connectivity index (χ3n) is 1.76. The van der Waals surface area contributed by atoms with E-state index in [1.54, 1.807) is 6.92 Å². The minimum atomic E-state index is -1.28. The fourth-order valence-electron chi connectivity index (χ4n) is 1.03. The van der Waals surface area contributed by atoms with Gasteiger partial charge in [0.05, 0.1) is 12.8 Å². The number of rotatable bonds is 3. The van der Waals surface area contributed by atoms with Gasteiger partial charge in [-0.15, -0.1) is 0 Å². The molecule has 0 atom stereocenters. The average molecular weight is 249 g/mol. The molecule has 0 radical (unpaired) electrons. The van der Waals surface area contributed by atoms with Crippen molar-refractivity contribution in [3.05, 3.63) is 17.6 Å². The summed E-state index contributed by atoms with van der Waals surface area (Å²) in [5.74, 6) is 3.11. The van der Waals surface area contributed by atoms with Gasteiger partial charge < -0.3 is 15.6 Å². The van der Waals surface area contributed by atoms with Gasteiger partial charge in [0.15, 0.2) is 11.5 Å². The maximum atomic E-state index is 11.0. The van der Waals surface area contributed by atoms with Crippen LogP contribution < -0.4 is 5.73 Å². The number of aromatic nitrogens is 2. The van der Waals surface area contributed by atoms with E-state index in [-0.39, 0.29) is 30.2 Å². The zero-order chi connectivity index (χ0) is 13.5. The maximum Gasteiger partial charge on any atom is 0.358 e. The molecule has 0 aliphatic carbocycles. The lowest BCUT2D eigenvalue weighted by molar-refractivity contribution is -0.141. The van der Waals surface area contributed by atoms with E-state index in [1.807, 2.05) is 0 Å². The standard InChI is InChI=1S/C11H11N3O4/c1-2-18-8(15)5-3-4-7-6-13-10(12)9(14-7)11(16)17/h6H,2,5H2,1H3,(H2,12,13)(H,16,17). The van der Waals surface area contributed by atoms with Gasteiger partial charge in [0.25, 0.3) is 0 Å². The largest absolute Gasteiger partial charge is 0.476 e. The Morgan fingerprint density at radius 1 is 1.56 bits per heavy atom. The molecule has 0 fully saturated rings. The van der Waals surface area contributed by atoms with E-state index < -0.39 is 11.9 Å². The molecular formula is C11H11N3O4. The average Bonchev–Trinajstić information content (AvgIpc) is 2.31. The van der Waals surface area contributed by atoms with Crippen molar-refractivity contribution in [1.29, 1.82) is 0 Å². The van der Waals surface area contributed by atoms with Gasteiger partial charge >= 0.3 is 11.9 Å². The van der Waals surface area contributed by atoms with Crippen molar-refractivity contribution in [3.63, 3.8) is 0 Å². The first-order valence-corrected chi connectivity index (χ1v) is 5.05. The molecule has 0 saturated heterocycles. The molecule has 1 aromatic heterocycles. The first-order valence-electron chi connectivity index (χ1n) is 5.05. The van der Waals surface area contributed by atoms with Gasteiger partial charge in [-0.3, -0.25) is 4.79 Å². The Kier molecular flexibility index (Phi) is 4.63. The Balaban J connectivity index is 2.80. The lowest BCUT2D eigenvalue weighted by Gasteiger charge is -1.98. The van der Waals surface area contributed by atoms with E-state index in [1.165, 1.54) is 6.20 Å². The Bertz CT molecular complexity index is 531. The summed E-state index contributed by atoms with van der Waals surface area (Å²) in [6.07, 6.45) is 1.14. The second-order valence-corrected chi connectivity index (χ2v) is 3.08. The fourth-order valence-corrected chi connectivity index (χ4v) is 1.03. The summed E-state index contributed by atoms with van der Waals surface area (Å²) in [7, 11) is 0. The molecule has 1 aromatic rings. The van der Waals surface area contributed by atoms with Crippen LogP contribution in [-0.2, 0) is 9.53 Å². The molecule has 0 amide bonds. The van der Waals surface area contributed by atoms with E-state index >= 15 is 0 Å². The molecule has 0 aliphatic heterocycles. The van der Waals surface area contributed by atoms with Crippen molar-refractivity contribution in [2.75, 3.05) is 12.3 Å². The number of nitrogen functional groups attached to an aromatic ring is 1. The Morgan fingerprint density at radius 2 is 2.28 bits per heavy atom. The molecule has 0 aromatic carbocycles. The first kappa shape index (κ1) is 13.4. The number of nitrogens with two attached hydrogens (primary N) is 1. The van der Waals surface area contributed by atoms with E-state index in [0.29, 0.717) is 0 Å². The minimum absolute atomic E-state index is 0.0949. The van der Waals surface area contributed by atoms with E-state index in [4.69, 9.17) is 10.8 Å². The predicted molar refractivity (Wildman–Crippen MR) is 61.5 cm³/mol. The van der Waals surface area contributed by atoms with E-state index in [9.17, 15) is 9.59 Å². The van der Waals surface area contributed by atoms with Crippen LogP contribution >= 0.6 is 0 Å². The van der Waals surface area contributed by atoms with Gasteiger partial charge in [0.2, 0.25) is 0 Å². The molecule has 0 saturated carbocycles. The number of hydrogen-bond donors (Lipinski definition) is 2. The molecule has 7 heteroatoms. The maximum absolute atomic E-state index is 11.0. The van der Waals surface area contributed by atoms with Crippen molar-refractivity contribution in [1.82, 2.24) is 9.97 Å². The van der Waals surface area contributed by atoms with Crippen LogP contribution in [0.4, 0.5) is 5.82 Å². The van der Waals surface area contributed by atoms with Crippen molar-refractivity contribution in [3.8, 4) is 11.8 Å². The Morgan fingerprint density at radius 3 is 2.89 bits per heavy atom. The summed E-state index contributed by atoms with van der Waals surface area (Å²) in [4.78, 5) is 29.1. The third-order valence-corrected chi connectivity index (χ3v) is 1.76. The quantitative estimate of drug-likeness (QED) is 0.574. The van der Waals surface area contributed by atoms with E-state index in [2.05, 4.69) is 26.5 Å². The number of carboxylic acid groups (broad SMARTS) is 1. The lowest BCUT2D eigenvalue weighted by atomic mass is 10.3. The molecule has 0 bridgehead atoms. The van der Waals surface area contributed by atoms with Gasteiger partial charge in [0, 0.05) is 0 Å². The number of carbonyl (C=O) groups is 2. The number of hydrogen-bond acceptors (Lipinski definition) is 6. The molecule has 18 heavy (non-hydrogen) atoms.